The van der Waals surface area contributed by atoms with Crippen molar-refractivity contribution in [1.29, 1.82) is 0 Å². The summed E-state index contributed by atoms with van der Waals surface area (Å²) < 4.78 is 5.00. The third-order valence-corrected chi connectivity index (χ3v) is 5.27. The lowest BCUT2D eigenvalue weighted by Crippen LogP contribution is -2.35. The Kier molecular flexibility index (Phi) is 4.57. The van der Waals surface area contributed by atoms with Gasteiger partial charge in [0.2, 0.25) is 11.6 Å². The molecule has 1 N–H and O–H groups in total. The number of anilines is 2. The molecule has 0 spiro atoms. The zero-order valence-corrected chi connectivity index (χ0v) is 15.4. The molecule has 25 heavy (non-hydrogen) atoms. The van der Waals surface area contributed by atoms with Crippen LogP contribution < -0.4 is 10.2 Å². The van der Waals surface area contributed by atoms with Crippen LogP contribution in [0, 0.1) is 20.9 Å². The number of methoxy groups -OCH3 is 1. The molecule has 2 bridgehead atoms. The van der Waals surface area contributed by atoms with Gasteiger partial charge in [0.1, 0.15) is 6.33 Å². The molecular weight excluding hydrogens is 322 g/mol. The van der Waals surface area contributed by atoms with E-state index < -0.39 is 0 Å². The number of nitrogens with one attached hydrogen (secondary N) is 1. The molecule has 2 fully saturated rings. The summed E-state index contributed by atoms with van der Waals surface area (Å²) in [5, 5.41) is 14.8. The summed E-state index contributed by atoms with van der Waals surface area (Å²) in [6.07, 6.45) is 4.62. The van der Waals surface area contributed by atoms with Crippen LogP contribution in [0.25, 0.3) is 0 Å². The van der Waals surface area contributed by atoms with Crippen molar-refractivity contribution in [3.63, 3.8) is 0 Å². The van der Waals surface area contributed by atoms with Gasteiger partial charge in [0.15, 0.2) is 0 Å². The van der Waals surface area contributed by atoms with Gasteiger partial charge in [-0.05, 0) is 30.1 Å². The fraction of sp³-hybridized carbons (Fsp3) is 0.765. The average molecular weight is 349 g/mol. The Hall–Kier alpha value is -1.96. The molecule has 0 radical (unpaired) electrons. The summed E-state index contributed by atoms with van der Waals surface area (Å²) in [5.41, 5.74) is 0.385. The molecule has 8 heteroatoms. The zero-order valence-electron chi connectivity index (χ0n) is 15.4. The molecule has 8 nitrogen and oxygen atoms in total. The monoisotopic (exact) mass is 349 g/mol. The molecule has 138 valence electrons. The van der Waals surface area contributed by atoms with E-state index in [1.807, 2.05) is 0 Å². The van der Waals surface area contributed by atoms with Crippen LogP contribution in [0.5, 0.6) is 0 Å². The van der Waals surface area contributed by atoms with Gasteiger partial charge in [-0.15, -0.1) is 0 Å². The standard InChI is InChI=1S/C17H27N5O3/c1-16(2)7-12-8-17(3,9-16)10-21(12)15-13(22(23)24)14(19-11-20-15)18-5-6-25-4/h11-12H,5-10H2,1-4H3,(H,18,19,20). The molecule has 1 aliphatic carbocycles. The molecule has 2 aliphatic rings. The van der Waals surface area contributed by atoms with Gasteiger partial charge in [-0.25, -0.2) is 9.97 Å². The van der Waals surface area contributed by atoms with Gasteiger partial charge in [0.25, 0.3) is 0 Å². The van der Waals surface area contributed by atoms with Crippen molar-refractivity contribution < 1.29 is 9.66 Å². The van der Waals surface area contributed by atoms with Gasteiger partial charge < -0.3 is 15.0 Å². The minimum absolute atomic E-state index is 0.0347. The second-order valence-corrected chi connectivity index (χ2v) is 8.41. The molecule has 2 atom stereocenters. The number of aromatic nitrogens is 2. The Morgan fingerprint density at radius 3 is 2.84 bits per heavy atom. The maximum atomic E-state index is 11.8. The summed E-state index contributed by atoms with van der Waals surface area (Å²) in [7, 11) is 1.59. The minimum Gasteiger partial charge on any atom is -0.383 e. The molecule has 1 saturated carbocycles. The Bertz CT molecular complexity index is 666. The topological polar surface area (TPSA) is 93.4 Å². The summed E-state index contributed by atoms with van der Waals surface area (Å²) in [5.74, 6) is 0.698. The van der Waals surface area contributed by atoms with Crippen molar-refractivity contribution in [2.24, 2.45) is 10.8 Å². The van der Waals surface area contributed by atoms with E-state index in [9.17, 15) is 10.1 Å². The van der Waals surface area contributed by atoms with E-state index >= 15 is 0 Å². The highest BCUT2D eigenvalue weighted by molar-refractivity contribution is 5.71. The van der Waals surface area contributed by atoms with Crippen molar-refractivity contribution in [1.82, 2.24) is 9.97 Å². The Balaban J connectivity index is 1.95. The van der Waals surface area contributed by atoms with Crippen LogP contribution in [0.1, 0.15) is 40.0 Å². The van der Waals surface area contributed by atoms with Crippen molar-refractivity contribution in [2.45, 2.75) is 46.1 Å². The van der Waals surface area contributed by atoms with E-state index in [2.05, 4.69) is 41.0 Å². The predicted octanol–water partition coefficient (Wildman–Crippen LogP) is 2.85. The maximum Gasteiger partial charge on any atom is 0.353 e. The minimum atomic E-state index is -0.375. The van der Waals surface area contributed by atoms with Crippen LogP contribution in [-0.2, 0) is 4.74 Å². The number of nitrogens with zero attached hydrogens (tertiary/aromatic N) is 4. The molecule has 1 aromatic rings. The van der Waals surface area contributed by atoms with Gasteiger partial charge in [0, 0.05) is 26.2 Å². The summed E-state index contributed by atoms with van der Waals surface area (Å²) in [6, 6.07) is 0.286. The number of nitro groups is 1. The van der Waals surface area contributed by atoms with Gasteiger partial charge >= 0.3 is 5.69 Å². The van der Waals surface area contributed by atoms with Crippen LogP contribution in [0.4, 0.5) is 17.3 Å². The highest BCUT2D eigenvalue weighted by Gasteiger charge is 2.51. The maximum absolute atomic E-state index is 11.8. The van der Waals surface area contributed by atoms with Crippen molar-refractivity contribution in [3.05, 3.63) is 16.4 Å². The van der Waals surface area contributed by atoms with E-state index in [0.29, 0.717) is 19.0 Å². The third-order valence-electron chi connectivity index (χ3n) is 5.27. The molecule has 2 heterocycles. The first-order chi connectivity index (χ1) is 11.7. The highest BCUT2D eigenvalue weighted by atomic mass is 16.6. The Morgan fingerprint density at radius 2 is 2.16 bits per heavy atom. The zero-order chi connectivity index (χ0) is 18.2. The van der Waals surface area contributed by atoms with E-state index in [-0.39, 0.29) is 33.3 Å². The second kappa shape index (κ2) is 6.40. The first kappa shape index (κ1) is 17.8. The smallest absolute Gasteiger partial charge is 0.353 e. The predicted molar refractivity (Wildman–Crippen MR) is 95.9 cm³/mol. The number of fused-ring (bicyclic) bond motifs is 2. The molecule has 0 amide bonds. The normalized spacial score (nSPS) is 27.4. The molecule has 1 saturated heterocycles. The van der Waals surface area contributed by atoms with Crippen LogP contribution >= 0.6 is 0 Å². The van der Waals surface area contributed by atoms with Crippen molar-refractivity contribution in [3.8, 4) is 0 Å². The number of hydrogen-bond acceptors (Lipinski definition) is 7. The molecular formula is C17H27N5O3. The molecule has 0 aromatic carbocycles. The summed E-state index contributed by atoms with van der Waals surface area (Å²) >= 11 is 0. The molecule has 1 aliphatic heterocycles. The number of rotatable bonds is 6. The molecule has 3 rings (SSSR count). The largest absolute Gasteiger partial charge is 0.383 e. The quantitative estimate of drug-likeness (QED) is 0.479. The summed E-state index contributed by atoms with van der Waals surface area (Å²) in [6.45, 7) is 8.57. The van der Waals surface area contributed by atoms with E-state index in [4.69, 9.17) is 4.74 Å². The van der Waals surface area contributed by atoms with Gasteiger partial charge in [-0.1, -0.05) is 20.8 Å². The van der Waals surface area contributed by atoms with Crippen LogP contribution in [-0.4, -0.2) is 47.7 Å². The number of ether oxygens (including phenoxy) is 1. The first-order valence-corrected chi connectivity index (χ1v) is 8.74. The van der Waals surface area contributed by atoms with Crippen LogP contribution in [0.15, 0.2) is 6.33 Å². The Labute approximate surface area is 148 Å². The van der Waals surface area contributed by atoms with Crippen LogP contribution in [0.2, 0.25) is 0 Å². The van der Waals surface area contributed by atoms with Gasteiger partial charge in [0.05, 0.1) is 11.5 Å². The molecule has 1 aromatic heterocycles. The van der Waals surface area contributed by atoms with E-state index in [1.54, 1.807) is 7.11 Å². The third kappa shape index (κ3) is 3.53. The lowest BCUT2D eigenvalue weighted by atomic mass is 9.65. The van der Waals surface area contributed by atoms with E-state index in [0.717, 1.165) is 25.8 Å². The van der Waals surface area contributed by atoms with E-state index in [1.165, 1.54) is 6.33 Å². The van der Waals surface area contributed by atoms with Gasteiger partial charge in [-0.2, -0.15) is 0 Å². The fourth-order valence-corrected chi connectivity index (χ4v) is 4.86. The lowest BCUT2D eigenvalue weighted by Gasteiger charge is -2.39. The number of hydrogen-bond donors (Lipinski definition) is 1. The lowest BCUT2D eigenvalue weighted by molar-refractivity contribution is -0.383. The second-order valence-electron chi connectivity index (χ2n) is 8.41. The highest BCUT2D eigenvalue weighted by Crippen LogP contribution is 2.54. The van der Waals surface area contributed by atoms with Crippen molar-refractivity contribution >= 4 is 17.3 Å². The first-order valence-electron chi connectivity index (χ1n) is 8.74. The molecule has 2 unspecified atom stereocenters. The Morgan fingerprint density at radius 1 is 1.40 bits per heavy atom. The summed E-state index contributed by atoms with van der Waals surface area (Å²) in [4.78, 5) is 21.9. The van der Waals surface area contributed by atoms with Crippen LogP contribution in [0.3, 0.4) is 0 Å². The SMILES string of the molecule is COCCNc1ncnc(N2CC3(C)CC2CC(C)(C)C3)c1[N+](=O)[O-]. The average Bonchev–Trinajstić information content (AvgIpc) is 2.76. The fourth-order valence-electron chi connectivity index (χ4n) is 4.86. The van der Waals surface area contributed by atoms with Gasteiger partial charge in [-0.3, -0.25) is 10.1 Å². The van der Waals surface area contributed by atoms with Crippen molar-refractivity contribution in [2.75, 3.05) is 37.0 Å².